The molecular formula is C19H23BrN2O. The molecule has 0 aliphatic carbocycles. The topological polar surface area (TPSA) is 24.5 Å². The Labute approximate surface area is 146 Å². The summed E-state index contributed by atoms with van der Waals surface area (Å²) in [4.78, 5) is 2.54. The van der Waals surface area contributed by atoms with Gasteiger partial charge in [0.05, 0.1) is 12.6 Å². The molecule has 3 rings (SSSR count). The van der Waals surface area contributed by atoms with Crippen molar-refractivity contribution in [3.05, 3.63) is 64.1 Å². The van der Waals surface area contributed by atoms with Crippen molar-refractivity contribution in [2.45, 2.75) is 13.0 Å². The summed E-state index contributed by atoms with van der Waals surface area (Å²) in [5, 5.41) is 3.44. The molecule has 0 radical (unpaired) electrons. The van der Waals surface area contributed by atoms with Gasteiger partial charge in [-0.2, -0.15) is 0 Å². The van der Waals surface area contributed by atoms with Gasteiger partial charge < -0.3 is 10.1 Å². The van der Waals surface area contributed by atoms with E-state index in [1.807, 2.05) is 13.0 Å². The molecule has 2 aromatic rings. The zero-order valence-electron chi connectivity index (χ0n) is 13.5. The van der Waals surface area contributed by atoms with Crippen LogP contribution in [0.2, 0.25) is 0 Å². The molecule has 1 unspecified atom stereocenters. The van der Waals surface area contributed by atoms with E-state index in [4.69, 9.17) is 4.74 Å². The molecule has 0 amide bonds. The molecule has 1 saturated heterocycles. The lowest BCUT2D eigenvalue weighted by molar-refractivity contribution is 0.197. The van der Waals surface area contributed by atoms with Crippen LogP contribution in [0.1, 0.15) is 24.1 Å². The highest BCUT2D eigenvalue weighted by Gasteiger charge is 2.25. The van der Waals surface area contributed by atoms with E-state index in [9.17, 15) is 0 Å². The number of hydrogen-bond acceptors (Lipinski definition) is 3. The Morgan fingerprint density at radius 1 is 1.13 bits per heavy atom. The van der Waals surface area contributed by atoms with E-state index in [1.54, 1.807) is 0 Å². The maximum Gasteiger partial charge on any atom is 0.119 e. The van der Waals surface area contributed by atoms with Crippen LogP contribution in [0.4, 0.5) is 0 Å². The summed E-state index contributed by atoms with van der Waals surface area (Å²) in [6, 6.07) is 17.3. The van der Waals surface area contributed by atoms with Crippen LogP contribution < -0.4 is 10.1 Å². The summed E-state index contributed by atoms with van der Waals surface area (Å²) in [6.45, 7) is 6.87. The van der Waals surface area contributed by atoms with Gasteiger partial charge >= 0.3 is 0 Å². The average Bonchev–Trinajstić information content (AvgIpc) is 2.59. The average molecular weight is 375 g/mol. The Morgan fingerprint density at radius 3 is 2.65 bits per heavy atom. The van der Waals surface area contributed by atoms with E-state index in [1.165, 1.54) is 11.1 Å². The monoisotopic (exact) mass is 374 g/mol. The van der Waals surface area contributed by atoms with Crippen LogP contribution in [0.25, 0.3) is 0 Å². The smallest absolute Gasteiger partial charge is 0.119 e. The number of hydrogen-bond donors (Lipinski definition) is 1. The zero-order chi connectivity index (χ0) is 16.1. The molecule has 1 N–H and O–H groups in total. The number of ether oxygens (including phenoxy) is 1. The highest BCUT2D eigenvalue weighted by Crippen LogP contribution is 2.34. The fourth-order valence-corrected chi connectivity index (χ4v) is 3.67. The number of rotatable bonds is 5. The molecule has 2 aromatic carbocycles. The summed E-state index contributed by atoms with van der Waals surface area (Å²) < 4.78 is 6.87. The maximum atomic E-state index is 5.71. The van der Waals surface area contributed by atoms with E-state index >= 15 is 0 Å². The highest BCUT2D eigenvalue weighted by molar-refractivity contribution is 9.10. The first-order valence-electron chi connectivity index (χ1n) is 8.21. The Hall–Kier alpha value is -1.36. The third kappa shape index (κ3) is 3.94. The molecule has 1 aliphatic heterocycles. The number of nitrogens with one attached hydrogen (secondary N) is 1. The van der Waals surface area contributed by atoms with Gasteiger partial charge in [0.2, 0.25) is 0 Å². The van der Waals surface area contributed by atoms with Gasteiger partial charge in [0, 0.05) is 30.7 Å². The van der Waals surface area contributed by atoms with Crippen LogP contribution in [0.5, 0.6) is 5.75 Å². The molecule has 0 saturated carbocycles. The Kier molecular flexibility index (Phi) is 5.70. The molecule has 122 valence electrons. The van der Waals surface area contributed by atoms with E-state index in [0.29, 0.717) is 6.61 Å². The quantitative estimate of drug-likeness (QED) is 0.860. The first kappa shape index (κ1) is 16.5. The molecule has 3 nitrogen and oxygen atoms in total. The first-order chi connectivity index (χ1) is 11.3. The van der Waals surface area contributed by atoms with Gasteiger partial charge in [0.25, 0.3) is 0 Å². The van der Waals surface area contributed by atoms with Crippen molar-refractivity contribution in [2.24, 2.45) is 0 Å². The van der Waals surface area contributed by atoms with Crippen LogP contribution in [-0.2, 0) is 0 Å². The minimum Gasteiger partial charge on any atom is -0.494 e. The zero-order valence-corrected chi connectivity index (χ0v) is 15.1. The molecular weight excluding hydrogens is 352 g/mol. The predicted octanol–water partition coefficient (Wildman–Crippen LogP) is 3.84. The molecule has 4 heteroatoms. The number of piperazine rings is 1. The second-order valence-electron chi connectivity index (χ2n) is 5.72. The van der Waals surface area contributed by atoms with Gasteiger partial charge in [-0.1, -0.05) is 46.3 Å². The number of halogens is 1. The van der Waals surface area contributed by atoms with Crippen molar-refractivity contribution in [3.63, 3.8) is 0 Å². The Bertz CT molecular complexity index is 641. The molecule has 1 atom stereocenters. The molecule has 0 spiro atoms. The van der Waals surface area contributed by atoms with Crippen molar-refractivity contribution in [3.8, 4) is 5.75 Å². The minimum atomic E-state index is 0.244. The Morgan fingerprint density at radius 2 is 1.91 bits per heavy atom. The molecule has 0 aromatic heterocycles. The van der Waals surface area contributed by atoms with Crippen molar-refractivity contribution in [1.29, 1.82) is 0 Å². The minimum absolute atomic E-state index is 0.244. The van der Waals surface area contributed by atoms with Gasteiger partial charge in [-0.3, -0.25) is 4.90 Å². The second-order valence-corrected chi connectivity index (χ2v) is 6.57. The van der Waals surface area contributed by atoms with Gasteiger partial charge in [0.1, 0.15) is 5.75 Å². The van der Waals surface area contributed by atoms with E-state index in [-0.39, 0.29) is 6.04 Å². The van der Waals surface area contributed by atoms with Gasteiger partial charge in [-0.15, -0.1) is 0 Å². The largest absolute Gasteiger partial charge is 0.494 e. The summed E-state index contributed by atoms with van der Waals surface area (Å²) >= 11 is 3.74. The van der Waals surface area contributed by atoms with Crippen LogP contribution >= 0.6 is 15.9 Å². The van der Waals surface area contributed by atoms with Crippen LogP contribution in [0.3, 0.4) is 0 Å². The number of nitrogens with zero attached hydrogens (tertiary/aromatic N) is 1. The van der Waals surface area contributed by atoms with Crippen molar-refractivity contribution >= 4 is 15.9 Å². The standard InChI is InChI=1S/C19H23BrN2O/c1-2-23-16-7-5-6-15(14-16)19(22-12-10-21-11-13-22)17-8-3-4-9-18(17)20/h3-9,14,19,21H,2,10-13H2,1H3. The predicted molar refractivity (Wildman–Crippen MR) is 98.0 cm³/mol. The molecule has 0 bridgehead atoms. The third-order valence-electron chi connectivity index (χ3n) is 4.20. The second kappa shape index (κ2) is 7.95. The van der Waals surface area contributed by atoms with Crippen LogP contribution in [-0.4, -0.2) is 37.7 Å². The number of benzene rings is 2. The maximum absolute atomic E-state index is 5.71. The van der Waals surface area contributed by atoms with Crippen LogP contribution in [0.15, 0.2) is 53.0 Å². The fourth-order valence-electron chi connectivity index (χ4n) is 3.17. The normalized spacial score (nSPS) is 17.0. The Balaban J connectivity index is 2.01. The van der Waals surface area contributed by atoms with Crippen molar-refractivity contribution in [1.82, 2.24) is 10.2 Å². The molecule has 1 heterocycles. The van der Waals surface area contributed by atoms with Crippen molar-refractivity contribution < 1.29 is 4.74 Å². The van der Waals surface area contributed by atoms with Gasteiger partial charge in [-0.25, -0.2) is 0 Å². The summed E-state index contributed by atoms with van der Waals surface area (Å²) in [5.74, 6) is 0.942. The summed E-state index contributed by atoms with van der Waals surface area (Å²) in [5.41, 5.74) is 2.59. The van der Waals surface area contributed by atoms with Gasteiger partial charge in [-0.05, 0) is 36.2 Å². The lowest BCUT2D eigenvalue weighted by atomic mass is 9.96. The fraction of sp³-hybridized carbons (Fsp3) is 0.368. The molecule has 1 fully saturated rings. The van der Waals surface area contributed by atoms with Gasteiger partial charge in [0.15, 0.2) is 0 Å². The lowest BCUT2D eigenvalue weighted by Crippen LogP contribution is -2.45. The summed E-state index contributed by atoms with van der Waals surface area (Å²) in [7, 11) is 0. The highest BCUT2D eigenvalue weighted by atomic mass is 79.9. The van der Waals surface area contributed by atoms with Crippen molar-refractivity contribution in [2.75, 3.05) is 32.8 Å². The first-order valence-corrected chi connectivity index (χ1v) is 9.01. The third-order valence-corrected chi connectivity index (χ3v) is 4.92. The van der Waals surface area contributed by atoms with E-state index < -0.39 is 0 Å². The van der Waals surface area contributed by atoms with E-state index in [0.717, 1.165) is 36.4 Å². The molecule has 23 heavy (non-hydrogen) atoms. The van der Waals surface area contributed by atoms with E-state index in [2.05, 4.69) is 68.6 Å². The molecule has 1 aliphatic rings. The van der Waals surface area contributed by atoms with Crippen LogP contribution in [0, 0.1) is 0 Å². The summed E-state index contributed by atoms with van der Waals surface area (Å²) in [6.07, 6.45) is 0. The lowest BCUT2D eigenvalue weighted by Gasteiger charge is -2.36. The SMILES string of the molecule is CCOc1cccc(C(c2ccccc2Br)N2CCNCC2)c1.